The number of alkyl halides is 3. The zero-order valence-electron chi connectivity index (χ0n) is 15.3. The normalized spacial score (nSPS) is 12.4. The molecule has 0 unspecified atom stereocenters. The molecule has 2 aromatic carbocycles. The van der Waals surface area contributed by atoms with Gasteiger partial charge in [-0.2, -0.15) is 18.3 Å². The molecule has 148 valence electrons. The second-order valence-electron chi connectivity index (χ2n) is 6.85. The SMILES string of the molecule is CC(C)(OCc1cc(Cl)cc(-c2cc(N)nn2-c2ccccc2)c1)C(F)(F)F. The van der Waals surface area contributed by atoms with E-state index in [4.69, 9.17) is 22.1 Å². The molecular formula is C20H19ClF3N3O. The molecule has 3 rings (SSSR count). The Balaban J connectivity index is 1.95. The summed E-state index contributed by atoms with van der Waals surface area (Å²) >= 11 is 6.21. The smallest absolute Gasteiger partial charge is 0.382 e. The molecule has 3 aromatic rings. The Bertz CT molecular complexity index is 969. The Kier molecular flexibility index (Phi) is 5.41. The van der Waals surface area contributed by atoms with Crippen molar-refractivity contribution in [3.63, 3.8) is 0 Å². The largest absolute Gasteiger partial charge is 0.416 e. The van der Waals surface area contributed by atoms with Crippen molar-refractivity contribution in [1.82, 2.24) is 9.78 Å². The van der Waals surface area contributed by atoms with Crippen molar-refractivity contribution in [2.24, 2.45) is 0 Å². The first-order valence-electron chi connectivity index (χ1n) is 8.48. The Morgan fingerprint density at radius 3 is 2.39 bits per heavy atom. The number of hydrogen-bond acceptors (Lipinski definition) is 3. The van der Waals surface area contributed by atoms with E-state index in [0.717, 1.165) is 19.5 Å². The van der Waals surface area contributed by atoms with E-state index in [0.29, 0.717) is 27.7 Å². The maximum Gasteiger partial charge on any atom is 0.416 e. The quantitative estimate of drug-likeness (QED) is 0.594. The van der Waals surface area contributed by atoms with Gasteiger partial charge in [-0.25, -0.2) is 4.68 Å². The molecule has 0 radical (unpaired) electrons. The summed E-state index contributed by atoms with van der Waals surface area (Å²) < 4.78 is 45.9. The molecule has 0 amide bonds. The van der Waals surface area contributed by atoms with Crippen LogP contribution in [0.4, 0.5) is 19.0 Å². The Morgan fingerprint density at radius 1 is 1.07 bits per heavy atom. The lowest BCUT2D eigenvalue weighted by Crippen LogP contribution is -2.41. The van der Waals surface area contributed by atoms with Gasteiger partial charge >= 0.3 is 6.18 Å². The number of ether oxygens (including phenoxy) is 1. The zero-order chi connectivity index (χ0) is 20.5. The van der Waals surface area contributed by atoms with Gasteiger partial charge in [-0.15, -0.1) is 0 Å². The summed E-state index contributed by atoms with van der Waals surface area (Å²) in [5.74, 6) is 0.315. The number of nitrogens with two attached hydrogens (primary N) is 1. The molecule has 4 nitrogen and oxygen atoms in total. The highest BCUT2D eigenvalue weighted by molar-refractivity contribution is 6.31. The van der Waals surface area contributed by atoms with E-state index in [2.05, 4.69) is 5.10 Å². The zero-order valence-corrected chi connectivity index (χ0v) is 16.1. The number of aromatic nitrogens is 2. The van der Waals surface area contributed by atoms with Crippen LogP contribution in [0.5, 0.6) is 0 Å². The van der Waals surface area contributed by atoms with E-state index in [1.54, 1.807) is 28.9 Å². The van der Waals surface area contributed by atoms with Crippen LogP contribution in [-0.2, 0) is 11.3 Å². The Hall–Kier alpha value is -2.51. The van der Waals surface area contributed by atoms with Crippen molar-refractivity contribution in [1.29, 1.82) is 0 Å². The van der Waals surface area contributed by atoms with Gasteiger partial charge in [-0.05, 0) is 49.7 Å². The van der Waals surface area contributed by atoms with Gasteiger partial charge in [0.15, 0.2) is 5.60 Å². The summed E-state index contributed by atoms with van der Waals surface area (Å²) in [6.45, 7) is 1.74. The first-order valence-corrected chi connectivity index (χ1v) is 8.86. The molecule has 0 saturated heterocycles. The van der Waals surface area contributed by atoms with Crippen LogP contribution in [0.1, 0.15) is 19.4 Å². The number of nitrogens with zero attached hydrogens (tertiary/aromatic N) is 2. The predicted molar refractivity (Wildman–Crippen MR) is 103 cm³/mol. The van der Waals surface area contributed by atoms with Gasteiger partial charge < -0.3 is 10.5 Å². The minimum absolute atomic E-state index is 0.241. The number of rotatable bonds is 5. The van der Waals surface area contributed by atoms with E-state index < -0.39 is 11.8 Å². The summed E-state index contributed by atoms with van der Waals surface area (Å²) in [4.78, 5) is 0. The summed E-state index contributed by atoms with van der Waals surface area (Å²) in [7, 11) is 0. The lowest BCUT2D eigenvalue weighted by atomic mass is 10.1. The highest BCUT2D eigenvalue weighted by atomic mass is 35.5. The standard InChI is InChI=1S/C20H19ClF3N3O/c1-19(2,20(22,23)24)28-12-13-8-14(10-15(21)9-13)17-11-18(25)26-27(17)16-6-4-3-5-7-16/h3-11H,12H2,1-2H3,(H2,25,26). The van der Waals surface area contributed by atoms with Gasteiger partial charge in [0.2, 0.25) is 0 Å². The van der Waals surface area contributed by atoms with Crippen LogP contribution in [0, 0.1) is 0 Å². The molecule has 0 aliphatic rings. The summed E-state index contributed by atoms with van der Waals surface area (Å²) in [6, 6.07) is 16.0. The number of hydrogen-bond donors (Lipinski definition) is 1. The molecule has 0 aliphatic carbocycles. The van der Waals surface area contributed by atoms with Crippen molar-refractivity contribution in [2.45, 2.75) is 32.2 Å². The molecule has 0 spiro atoms. The van der Waals surface area contributed by atoms with Crippen molar-refractivity contribution in [3.05, 3.63) is 65.2 Å². The van der Waals surface area contributed by atoms with Gasteiger partial charge in [-0.3, -0.25) is 0 Å². The van der Waals surface area contributed by atoms with E-state index in [9.17, 15) is 13.2 Å². The van der Waals surface area contributed by atoms with Crippen molar-refractivity contribution < 1.29 is 17.9 Å². The average Bonchev–Trinajstić information content (AvgIpc) is 3.01. The van der Waals surface area contributed by atoms with Gasteiger partial charge in [0, 0.05) is 16.7 Å². The van der Waals surface area contributed by atoms with E-state index >= 15 is 0 Å². The highest BCUT2D eigenvalue weighted by Crippen LogP contribution is 2.34. The molecule has 8 heteroatoms. The van der Waals surface area contributed by atoms with Crippen LogP contribution >= 0.6 is 11.6 Å². The minimum atomic E-state index is -4.48. The maximum atomic E-state index is 13.0. The maximum absolute atomic E-state index is 13.0. The number of benzene rings is 2. The number of nitrogen functional groups attached to an aromatic ring is 1. The number of halogens is 4. The van der Waals surface area contributed by atoms with Gasteiger partial charge in [0.25, 0.3) is 0 Å². The lowest BCUT2D eigenvalue weighted by molar-refractivity contribution is -0.267. The molecule has 0 atom stereocenters. The van der Waals surface area contributed by atoms with Crippen LogP contribution in [-0.4, -0.2) is 21.6 Å². The summed E-state index contributed by atoms with van der Waals surface area (Å²) in [5, 5.41) is 4.68. The Labute approximate surface area is 165 Å². The Morgan fingerprint density at radius 2 is 1.75 bits per heavy atom. The summed E-state index contributed by atoms with van der Waals surface area (Å²) in [5.41, 5.74) is 6.26. The molecule has 1 aromatic heterocycles. The second-order valence-corrected chi connectivity index (χ2v) is 7.28. The second kappa shape index (κ2) is 7.48. The first kappa shape index (κ1) is 20.2. The number of para-hydroxylation sites is 1. The van der Waals surface area contributed by atoms with E-state index in [-0.39, 0.29) is 6.61 Å². The fourth-order valence-corrected chi connectivity index (χ4v) is 2.86. The first-order chi connectivity index (χ1) is 13.1. The van der Waals surface area contributed by atoms with Gasteiger partial charge in [0.05, 0.1) is 18.0 Å². The molecule has 1 heterocycles. The van der Waals surface area contributed by atoms with Crippen molar-refractivity contribution >= 4 is 17.4 Å². The minimum Gasteiger partial charge on any atom is -0.382 e. The molecule has 0 saturated carbocycles. The summed E-state index contributed by atoms with van der Waals surface area (Å²) in [6.07, 6.45) is -4.48. The van der Waals surface area contributed by atoms with Crippen LogP contribution in [0.25, 0.3) is 16.9 Å². The van der Waals surface area contributed by atoms with Crippen LogP contribution in [0.3, 0.4) is 0 Å². The number of anilines is 1. The predicted octanol–water partition coefficient (Wildman–Crippen LogP) is 5.63. The highest BCUT2D eigenvalue weighted by Gasteiger charge is 2.48. The van der Waals surface area contributed by atoms with Crippen LogP contribution in [0.15, 0.2) is 54.6 Å². The third-order valence-corrected chi connectivity index (χ3v) is 4.48. The topological polar surface area (TPSA) is 53.1 Å². The van der Waals surface area contributed by atoms with Crippen molar-refractivity contribution in [3.8, 4) is 16.9 Å². The van der Waals surface area contributed by atoms with Crippen LogP contribution < -0.4 is 5.73 Å². The molecule has 28 heavy (non-hydrogen) atoms. The fraction of sp³-hybridized carbons (Fsp3) is 0.250. The lowest BCUT2D eigenvalue weighted by Gasteiger charge is -2.28. The third kappa shape index (κ3) is 4.31. The fourth-order valence-electron chi connectivity index (χ4n) is 2.60. The molecule has 2 N–H and O–H groups in total. The van der Waals surface area contributed by atoms with Crippen molar-refractivity contribution in [2.75, 3.05) is 5.73 Å². The molecule has 0 aliphatic heterocycles. The molecular weight excluding hydrogens is 391 g/mol. The van der Waals surface area contributed by atoms with Gasteiger partial charge in [0.1, 0.15) is 5.82 Å². The van der Waals surface area contributed by atoms with E-state index in [1.165, 1.54) is 0 Å². The van der Waals surface area contributed by atoms with Gasteiger partial charge in [-0.1, -0.05) is 29.8 Å². The molecule has 0 bridgehead atoms. The van der Waals surface area contributed by atoms with Crippen LogP contribution in [0.2, 0.25) is 5.02 Å². The average molecular weight is 410 g/mol. The van der Waals surface area contributed by atoms with E-state index in [1.807, 2.05) is 30.3 Å². The third-order valence-electron chi connectivity index (χ3n) is 4.26. The monoisotopic (exact) mass is 409 g/mol. The molecule has 0 fully saturated rings.